The maximum atomic E-state index is 12.8. The number of carbonyl (C=O) groups is 1. The summed E-state index contributed by atoms with van der Waals surface area (Å²) in [6.07, 6.45) is -3.07. The van der Waals surface area contributed by atoms with Crippen molar-refractivity contribution in [2.45, 2.75) is 38.1 Å². The first-order valence-electron chi connectivity index (χ1n) is 7.91. The number of methoxy groups -OCH3 is 1. The number of rotatable bonds is 3. The van der Waals surface area contributed by atoms with E-state index < -0.39 is 12.0 Å². The molecule has 1 aromatic rings. The molecule has 2 atom stereocenters. The Balaban J connectivity index is 1.60. The molecule has 10 heteroatoms. The average Bonchev–Trinajstić information content (AvgIpc) is 2.97. The SMILES string of the molecule is COC(=O)[C@H]1CCN[C@H](CN2CCn3c(nnc3C(F)(F)F)C2)C1. The summed E-state index contributed by atoms with van der Waals surface area (Å²) >= 11 is 0. The molecule has 1 saturated heterocycles. The van der Waals surface area contributed by atoms with E-state index in [-0.39, 0.29) is 24.5 Å². The van der Waals surface area contributed by atoms with Gasteiger partial charge in [0.25, 0.3) is 0 Å². The standard InChI is InChI=1S/C14H20F3N5O2/c1-24-12(23)9-2-3-18-10(6-9)7-21-4-5-22-11(8-21)19-20-13(22)14(15,16)17/h9-10,18H,2-8H2,1H3/t9-,10-/m0/s1. The highest BCUT2D eigenvalue weighted by molar-refractivity contribution is 5.72. The maximum absolute atomic E-state index is 12.8. The number of piperidine rings is 1. The van der Waals surface area contributed by atoms with Gasteiger partial charge in [-0.2, -0.15) is 13.2 Å². The molecule has 0 amide bonds. The Morgan fingerprint density at radius 1 is 1.38 bits per heavy atom. The summed E-state index contributed by atoms with van der Waals surface area (Å²) in [7, 11) is 1.38. The Kier molecular flexibility index (Phi) is 4.77. The molecule has 1 aromatic heterocycles. The lowest BCUT2D eigenvalue weighted by Crippen LogP contribution is -2.49. The second-order valence-corrected chi connectivity index (χ2v) is 6.22. The normalized spacial score (nSPS) is 25.3. The van der Waals surface area contributed by atoms with Gasteiger partial charge in [-0.25, -0.2) is 0 Å². The first kappa shape index (κ1) is 17.2. The highest BCUT2D eigenvalue weighted by Crippen LogP contribution is 2.29. The lowest BCUT2D eigenvalue weighted by Gasteiger charge is -2.35. The van der Waals surface area contributed by atoms with Crippen LogP contribution in [0.5, 0.6) is 0 Å². The molecule has 0 unspecified atom stereocenters. The van der Waals surface area contributed by atoms with Crippen molar-refractivity contribution in [3.63, 3.8) is 0 Å². The van der Waals surface area contributed by atoms with Gasteiger partial charge in [0.2, 0.25) is 5.82 Å². The van der Waals surface area contributed by atoms with E-state index in [0.29, 0.717) is 31.9 Å². The van der Waals surface area contributed by atoms with Crippen molar-refractivity contribution in [3.8, 4) is 0 Å². The Morgan fingerprint density at radius 2 is 2.17 bits per heavy atom. The largest absolute Gasteiger partial charge is 0.469 e. The quantitative estimate of drug-likeness (QED) is 0.810. The monoisotopic (exact) mass is 347 g/mol. The number of carbonyl (C=O) groups excluding carboxylic acids is 1. The molecule has 3 rings (SSSR count). The van der Waals surface area contributed by atoms with Gasteiger partial charge in [0.05, 0.1) is 19.6 Å². The zero-order chi connectivity index (χ0) is 17.3. The minimum absolute atomic E-state index is 0.111. The van der Waals surface area contributed by atoms with Gasteiger partial charge in [0, 0.05) is 25.7 Å². The van der Waals surface area contributed by atoms with Crippen LogP contribution in [0.25, 0.3) is 0 Å². The molecular formula is C14H20F3N5O2. The Morgan fingerprint density at radius 3 is 2.88 bits per heavy atom. The number of nitrogens with zero attached hydrogens (tertiary/aromatic N) is 4. The third-order valence-corrected chi connectivity index (χ3v) is 4.59. The predicted octanol–water partition coefficient (Wildman–Crippen LogP) is 0.654. The van der Waals surface area contributed by atoms with Crippen LogP contribution >= 0.6 is 0 Å². The van der Waals surface area contributed by atoms with Crippen molar-refractivity contribution in [2.75, 3.05) is 26.7 Å². The van der Waals surface area contributed by atoms with E-state index >= 15 is 0 Å². The molecule has 0 spiro atoms. The van der Waals surface area contributed by atoms with Gasteiger partial charge in [-0.1, -0.05) is 0 Å². The van der Waals surface area contributed by atoms with Gasteiger partial charge in [0.15, 0.2) is 0 Å². The molecule has 24 heavy (non-hydrogen) atoms. The van der Waals surface area contributed by atoms with E-state index in [1.165, 1.54) is 7.11 Å². The molecule has 0 aromatic carbocycles. The van der Waals surface area contributed by atoms with Gasteiger partial charge >= 0.3 is 12.1 Å². The van der Waals surface area contributed by atoms with Crippen LogP contribution < -0.4 is 5.32 Å². The zero-order valence-electron chi connectivity index (χ0n) is 13.3. The first-order valence-corrected chi connectivity index (χ1v) is 7.91. The highest BCUT2D eigenvalue weighted by Gasteiger charge is 2.39. The number of hydrogen-bond acceptors (Lipinski definition) is 6. The van der Waals surface area contributed by atoms with Crippen molar-refractivity contribution in [3.05, 3.63) is 11.6 Å². The fourth-order valence-corrected chi connectivity index (χ4v) is 3.41. The van der Waals surface area contributed by atoms with E-state index in [1.54, 1.807) is 0 Å². The van der Waals surface area contributed by atoms with Crippen molar-refractivity contribution in [1.29, 1.82) is 0 Å². The number of ether oxygens (including phenoxy) is 1. The smallest absolute Gasteiger partial charge is 0.451 e. The van der Waals surface area contributed by atoms with Crippen molar-refractivity contribution < 1.29 is 22.7 Å². The molecule has 7 nitrogen and oxygen atoms in total. The highest BCUT2D eigenvalue weighted by atomic mass is 19.4. The van der Waals surface area contributed by atoms with Crippen LogP contribution in [0.3, 0.4) is 0 Å². The molecule has 134 valence electrons. The van der Waals surface area contributed by atoms with Crippen LogP contribution in [-0.2, 0) is 28.8 Å². The first-order chi connectivity index (χ1) is 11.4. The second-order valence-electron chi connectivity index (χ2n) is 6.22. The summed E-state index contributed by atoms with van der Waals surface area (Å²) in [5, 5.41) is 10.3. The van der Waals surface area contributed by atoms with Crippen molar-refractivity contribution in [1.82, 2.24) is 25.0 Å². The molecule has 2 aliphatic rings. The minimum atomic E-state index is -4.48. The number of nitrogens with one attached hydrogen (secondary N) is 1. The van der Waals surface area contributed by atoms with E-state index in [0.717, 1.165) is 17.5 Å². The minimum Gasteiger partial charge on any atom is -0.469 e. The van der Waals surface area contributed by atoms with Crippen LogP contribution in [0, 0.1) is 5.92 Å². The zero-order valence-corrected chi connectivity index (χ0v) is 13.3. The Labute approximate surface area is 137 Å². The molecule has 0 radical (unpaired) electrons. The lowest BCUT2D eigenvalue weighted by atomic mass is 9.92. The number of hydrogen-bond donors (Lipinski definition) is 1. The van der Waals surface area contributed by atoms with E-state index in [1.807, 2.05) is 4.90 Å². The van der Waals surface area contributed by atoms with Gasteiger partial charge < -0.3 is 14.6 Å². The summed E-state index contributed by atoms with van der Waals surface area (Å²) in [5.41, 5.74) is 0. The summed E-state index contributed by atoms with van der Waals surface area (Å²) in [6.45, 7) is 2.41. The van der Waals surface area contributed by atoms with Crippen molar-refractivity contribution in [2.24, 2.45) is 5.92 Å². The summed E-state index contributed by atoms with van der Waals surface area (Å²) in [4.78, 5) is 13.7. The van der Waals surface area contributed by atoms with Gasteiger partial charge in [-0.05, 0) is 19.4 Å². The van der Waals surface area contributed by atoms with Crippen molar-refractivity contribution >= 4 is 5.97 Å². The van der Waals surface area contributed by atoms with Crippen LogP contribution in [0.15, 0.2) is 0 Å². The van der Waals surface area contributed by atoms with Gasteiger partial charge in [-0.15, -0.1) is 10.2 Å². The van der Waals surface area contributed by atoms with E-state index in [2.05, 4.69) is 15.5 Å². The lowest BCUT2D eigenvalue weighted by molar-refractivity contribution is -0.148. The summed E-state index contributed by atoms with van der Waals surface area (Å²) < 4.78 is 44.5. The summed E-state index contributed by atoms with van der Waals surface area (Å²) in [6, 6.07) is 0.111. The van der Waals surface area contributed by atoms with Crippen LogP contribution in [0.4, 0.5) is 13.2 Å². The molecular weight excluding hydrogens is 327 g/mol. The Hall–Kier alpha value is -1.68. The van der Waals surface area contributed by atoms with Crippen LogP contribution in [-0.4, -0.2) is 58.4 Å². The maximum Gasteiger partial charge on any atom is 0.451 e. The fourth-order valence-electron chi connectivity index (χ4n) is 3.41. The van der Waals surface area contributed by atoms with Crippen LogP contribution in [0.2, 0.25) is 0 Å². The topological polar surface area (TPSA) is 72.3 Å². The molecule has 2 aliphatic heterocycles. The van der Waals surface area contributed by atoms with E-state index in [9.17, 15) is 18.0 Å². The van der Waals surface area contributed by atoms with Gasteiger partial charge in [0.1, 0.15) is 5.82 Å². The molecule has 1 N–H and O–H groups in total. The second kappa shape index (κ2) is 6.67. The third-order valence-electron chi connectivity index (χ3n) is 4.59. The fraction of sp³-hybridized carbons (Fsp3) is 0.786. The number of fused-ring (bicyclic) bond motifs is 1. The molecule has 0 saturated carbocycles. The van der Waals surface area contributed by atoms with Crippen LogP contribution in [0.1, 0.15) is 24.5 Å². The number of alkyl halides is 3. The molecule has 0 aliphatic carbocycles. The molecule has 3 heterocycles. The molecule has 0 bridgehead atoms. The number of esters is 1. The number of halogens is 3. The number of aromatic nitrogens is 3. The van der Waals surface area contributed by atoms with E-state index in [4.69, 9.17) is 4.74 Å². The third kappa shape index (κ3) is 3.54. The Bertz CT molecular complexity index is 604. The predicted molar refractivity (Wildman–Crippen MR) is 76.8 cm³/mol. The van der Waals surface area contributed by atoms with Gasteiger partial charge in [-0.3, -0.25) is 9.69 Å². The molecule has 1 fully saturated rings. The summed E-state index contributed by atoms with van der Waals surface area (Å²) in [5.74, 6) is -0.922. The average molecular weight is 347 g/mol.